The van der Waals surface area contributed by atoms with E-state index in [-0.39, 0.29) is 52.6 Å². The lowest BCUT2D eigenvalue weighted by molar-refractivity contribution is -0.201. The van der Waals surface area contributed by atoms with Gasteiger partial charge in [-0.1, -0.05) is 26.0 Å². The van der Waals surface area contributed by atoms with Gasteiger partial charge in [0, 0.05) is 53.6 Å². The van der Waals surface area contributed by atoms with Crippen LogP contribution >= 0.6 is 11.8 Å². The van der Waals surface area contributed by atoms with Crippen LogP contribution in [0.15, 0.2) is 59.9 Å². The lowest BCUT2D eigenvalue weighted by Crippen LogP contribution is -2.63. The molecule has 2 bridgehead atoms. The topological polar surface area (TPSA) is 120 Å². The molecule has 11 heteroatoms. The van der Waals surface area contributed by atoms with E-state index in [4.69, 9.17) is 9.47 Å². The molecule has 3 saturated carbocycles. The van der Waals surface area contributed by atoms with E-state index < -0.39 is 23.2 Å². The number of aromatic nitrogens is 4. The van der Waals surface area contributed by atoms with E-state index in [1.165, 1.54) is 23.9 Å². The normalized spacial score (nSPS) is 36.1. The summed E-state index contributed by atoms with van der Waals surface area (Å²) in [5.74, 6) is -0.495. The molecule has 250 valence electrons. The number of aliphatic hydroxyl groups excluding tert-OH is 1. The molecule has 3 heterocycles. The lowest BCUT2D eigenvalue weighted by Gasteiger charge is -2.60. The van der Waals surface area contributed by atoms with Crippen molar-refractivity contribution >= 4 is 23.5 Å². The Hall–Kier alpha value is -3.15. The van der Waals surface area contributed by atoms with Crippen LogP contribution in [-0.4, -0.2) is 66.5 Å². The number of rotatable bonds is 9. The predicted molar refractivity (Wildman–Crippen MR) is 174 cm³/mol. The van der Waals surface area contributed by atoms with Crippen molar-refractivity contribution in [2.75, 3.05) is 5.75 Å². The molecule has 1 aromatic carbocycles. The summed E-state index contributed by atoms with van der Waals surface area (Å²) in [6.45, 7) is 7.07. The van der Waals surface area contributed by atoms with E-state index in [1.54, 1.807) is 29.2 Å². The Kier molecular flexibility index (Phi) is 8.54. The molecule has 1 saturated heterocycles. The molecule has 1 spiro atoms. The average Bonchev–Trinajstić information content (AvgIpc) is 3.36. The summed E-state index contributed by atoms with van der Waals surface area (Å²) in [6, 6.07) is 9.90. The maximum absolute atomic E-state index is 13.8. The van der Waals surface area contributed by atoms with Gasteiger partial charge in [-0.15, -0.1) is 16.9 Å². The Morgan fingerprint density at radius 1 is 1.17 bits per heavy atom. The summed E-state index contributed by atoms with van der Waals surface area (Å²) in [6.07, 6.45) is 8.50. The molecule has 2 aromatic heterocycles. The molecule has 1 aliphatic heterocycles. The van der Waals surface area contributed by atoms with Gasteiger partial charge < -0.3 is 14.6 Å². The van der Waals surface area contributed by atoms with Crippen molar-refractivity contribution in [2.24, 2.45) is 28.6 Å². The molecule has 1 N–H and O–H groups in total. The standard InChI is InChI=1S/C36H43FN4O5S/c1-22-10-14-35-15-11-28(42)32(35)34(22,3)30(45-31(43)21-47-26-12-16-38-17-13-26)19-36(33(44)23(35)2)29(46-36)5-4-18-41-20-27(39-40-41)24-6-8-25(37)9-7-24/h6-9,12-13,16-17,20,22-23,29-30,32-33,44H,4-5,10-11,14-15,18-19,21H2,1-3H3/t22-,23+,29?,30+,32+,33+,34+,35+,36+/m1/s1. The van der Waals surface area contributed by atoms with Gasteiger partial charge in [0.1, 0.15) is 29.0 Å². The smallest absolute Gasteiger partial charge is 0.316 e. The first kappa shape index (κ1) is 32.4. The number of carbonyl (C=O) groups is 2. The summed E-state index contributed by atoms with van der Waals surface area (Å²) < 4.78 is 28.1. The third-order valence-electron chi connectivity index (χ3n) is 12.2. The number of carbonyl (C=O) groups excluding carboxylic acids is 2. The number of esters is 1. The van der Waals surface area contributed by atoms with Crippen LogP contribution in [0.4, 0.5) is 4.39 Å². The number of pyridine rings is 1. The second kappa shape index (κ2) is 12.4. The van der Waals surface area contributed by atoms with Gasteiger partial charge in [-0.2, -0.15) is 0 Å². The molecule has 3 aliphatic carbocycles. The Labute approximate surface area is 279 Å². The third kappa shape index (κ3) is 5.61. The van der Waals surface area contributed by atoms with E-state index in [0.29, 0.717) is 31.5 Å². The fraction of sp³-hybridized carbons (Fsp3) is 0.583. The van der Waals surface area contributed by atoms with Gasteiger partial charge in [-0.25, -0.2) is 4.39 Å². The number of Topliss-reactive ketones (excluding diaryl/α,β-unsaturated/α-hetero) is 1. The fourth-order valence-corrected chi connectivity index (χ4v) is 10.0. The number of aliphatic hydroxyl groups is 1. The second-order valence-corrected chi connectivity index (χ2v) is 15.5. The van der Waals surface area contributed by atoms with Crippen LogP contribution in [0.5, 0.6) is 0 Å². The van der Waals surface area contributed by atoms with E-state index in [9.17, 15) is 19.1 Å². The third-order valence-corrected chi connectivity index (χ3v) is 13.2. The van der Waals surface area contributed by atoms with Crippen LogP contribution in [-0.2, 0) is 25.6 Å². The highest BCUT2D eigenvalue weighted by Crippen LogP contribution is 2.69. The minimum Gasteiger partial charge on any atom is -0.461 e. The first-order valence-corrected chi connectivity index (χ1v) is 17.8. The number of ketones is 1. The van der Waals surface area contributed by atoms with Crippen molar-refractivity contribution < 1.29 is 28.6 Å². The van der Waals surface area contributed by atoms with Crippen LogP contribution in [0, 0.1) is 34.4 Å². The van der Waals surface area contributed by atoms with Crippen molar-refractivity contribution in [2.45, 2.75) is 101 Å². The highest BCUT2D eigenvalue weighted by Gasteiger charge is 2.73. The number of ether oxygens (including phenoxy) is 2. The van der Waals surface area contributed by atoms with E-state index in [2.05, 4.69) is 36.1 Å². The highest BCUT2D eigenvalue weighted by molar-refractivity contribution is 8.00. The number of epoxide rings is 1. The maximum Gasteiger partial charge on any atom is 0.316 e. The minimum atomic E-state index is -0.855. The van der Waals surface area contributed by atoms with Crippen LogP contribution < -0.4 is 0 Å². The Morgan fingerprint density at radius 2 is 1.94 bits per heavy atom. The number of halogens is 1. The van der Waals surface area contributed by atoms with E-state index >= 15 is 0 Å². The molecule has 0 amide bonds. The molecule has 3 aromatic rings. The predicted octanol–water partition coefficient (Wildman–Crippen LogP) is 5.90. The van der Waals surface area contributed by atoms with Crippen molar-refractivity contribution in [3.8, 4) is 11.3 Å². The summed E-state index contributed by atoms with van der Waals surface area (Å²) in [4.78, 5) is 32.2. The molecule has 9 atom stereocenters. The van der Waals surface area contributed by atoms with Crippen molar-refractivity contribution in [1.29, 1.82) is 0 Å². The fourth-order valence-electron chi connectivity index (χ4n) is 9.38. The summed E-state index contributed by atoms with van der Waals surface area (Å²) in [5.41, 5.74) is -0.307. The zero-order valence-electron chi connectivity index (χ0n) is 27.2. The summed E-state index contributed by atoms with van der Waals surface area (Å²) >= 11 is 1.40. The zero-order chi connectivity index (χ0) is 33.0. The van der Waals surface area contributed by atoms with Gasteiger partial charge in [-0.05, 0) is 85.8 Å². The largest absolute Gasteiger partial charge is 0.461 e. The maximum atomic E-state index is 13.8. The van der Waals surface area contributed by atoms with E-state index in [1.807, 2.05) is 18.3 Å². The Morgan fingerprint density at radius 3 is 2.70 bits per heavy atom. The van der Waals surface area contributed by atoms with Crippen LogP contribution in [0.2, 0.25) is 0 Å². The molecule has 0 radical (unpaired) electrons. The molecular weight excluding hydrogens is 619 g/mol. The number of hydrogen-bond acceptors (Lipinski definition) is 9. The summed E-state index contributed by atoms with van der Waals surface area (Å²) in [5, 5.41) is 20.7. The first-order valence-electron chi connectivity index (χ1n) is 16.8. The lowest BCUT2D eigenvalue weighted by atomic mass is 9.45. The summed E-state index contributed by atoms with van der Waals surface area (Å²) in [7, 11) is 0. The highest BCUT2D eigenvalue weighted by atomic mass is 32.2. The number of benzene rings is 1. The molecule has 47 heavy (non-hydrogen) atoms. The monoisotopic (exact) mass is 662 g/mol. The second-order valence-electron chi connectivity index (χ2n) is 14.4. The van der Waals surface area contributed by atoms with Crippen LogP contribution in [0.1, 0.15) is 65.7 Å². The minimum absolute atomic E-state index is 0.136. The van der Waals surface area contributed by atoms with Gasteiger partial charge in [0.15, 0.2) is 0 Å². The number of nitrogens with zero attached hydrogens (tertiary/aromatic N) is 4. The van der Waals surface area contributed by atoms with E-state index in [0.717, 1.165) is 36.1 Å². The SMILES string of the molecule is C[C@@H]1CC[C@@]23CCC(=O)[C@H]2[C@]1(C)[C@@H](OC(=O)CSc1ccncc1)C[C@@]1(OC1CCCn1cc(-c2ccc(F)cc2)nn1)[C@@H](O)[C@@H]3C. The van der Waals surface area contributed by atoms with Gasteiger partial charge in [0.05, 0.1) is 24.2 Å². The first-order chi connectivity index (χ1) is 22.6. The van der Waals surface area contributed by atoms with Gasteiger partial charge in [0.2, 0.25) is 0 Å². The number of hydrogen-bond donors (Lipinski definition) is 1. The molecule has 1 unspecified atom stereocenters. The zero-order valence-corrected chi connectivity index (χ0v) is 28.0. The van der Waals surface area contributed by atoms with Crippen LogP contribution in [0.25, 0.3) is 11.3 Å². The van der Waals surface area contributed by atoms with Gasteiger partial charge >= 0.3 is 5.97 Å². The molecular formula is C36H43FN4O5S. The quantitative estimate of drug-likeness (QED) is 0.170. The van der Waals surface area contributed by atoms with Crippen molar-refractivity contribution in [3.63, 3.8) is 0 Å². The Bertz CT molecular complexity index is 1620. The van der Waals surface area contributed by atoms with Crippen LogP contribution in [0.3, 0.4) is 0 Å². The Balaban J connectivity index is 1.11. The number of aryl methyl sites for hydroxylation is 1. The molecule has 9 nitrogen and oxygen atoms in total. The van der Waals surface area contributed by atoms with Crippen molar-refractivity contribution in [3.05, 3.63) is 60.8 Å². The average molecular weight is 663 g/mol. The molecule has 4 fully saturated rings. The van der Waals surface area contributed by atoms with Crippen molar-refractivity contribution in [1.82, 2.24) is 20.0 Å². The molecule has 4 aliphatic rings. The van der Waals surface area contributed by atoms with Gasteiger partial charge in [-0.3, -0.25) is 19.3 Å². The molecule has 7 rings (SSSR count). The number of thioether (sulfide) groups is 1. The van der Waals surface area contributed by atoms with Gasteiger partial charge in [0.25, 0.3) is 0 Å².